The SMILES string of the molecule is Cc1nccc(CNCC(C)(C)CCCO)n1. The van der Waals surface area contributed by atoms with Crippen LogP contribution >= 0.6 is 0 Å². The topological polar surface area (TPSA) is 58.0 Å². The molecular formula is C13H23N3O. The fourth-order valence-electron chi connectivity index (χ4n) is 1.78. The lowest BCUT2D eigenvalue weighted by Crippen LogP contribution is -2.29. The normalized spacial score (nSPS) is 11.8. The molecule has 2 N–H and O–H groups in total. The Balaban J connectivity index is 2.32. The number of aromatic nitrogens is 2. The number of hydrogen-bond acceptors (Lipinski definition) is 4. The number of aliphatic hydroxyl groups excluding tert-OH is 1. The summed E-state index contributed by atoms with van der Waals surface area (Å²) >= 11 is 0. The number of aryl methyl sites for hydroxylation is 1. The molecule has 0 radical (unpaired) electrons. The van der Waals surface area contributed by atoms with E-state index >= 15 is 0 Å². The molecule has 0 atom stereocenters. The summed E-state index contributed by atoms with van der Waals surface area (Å²) in [6.45, 7) is 8.28. The molecule has 1 heterocycles. The van der Waals surface area contributed by atoms with E-state index in [2.05, 4.69) is 29.1 Å². The second-order valence-corrected chi connectivity index (χ2v) is 5.19. The zero-order valence-electron chi connectivity index (χ0n) is 11.0. The first-order valence-corrected chi connectivity index (χ1v) is 6.14. The van der Waals surface area contributed by atoms with Gasteiger partial charge in [-0.15, -0.1) is 0 Å². The Morgan fingerprint density at radius 1 is 1.41 bits per heavy atom. The molecule has 0 saturated carbocycles. The molecule has 17 heavy (non-hydrogen) atoms. The fourth-order valence-corrected chi connectivity index (χ4v) is 1.78. The van der Waals surface area contributed by atoms with Crippen LogP contribution in [0.25, 0.3) is 0 Å². The molecule has 0 aliphatic heterocycles. The molecule has 0 amide bonds. The molecule has 0 aliphatic rings. The van der Waals surface area contributed by atoms with Gasteiger partial charge < -0.3 is 10.4 Å². The van der Waals surface area contributed by atoms with Crippen molar-refractivity contribution in [2.75, 3.05) is 13.2 Å². The largest absolute Gasteiger partial charge is 0.396 e. The Labute approximate surface area is 103 Å². The highest BCUT2D eigenvalue weighted by Crippen LogP contribution is 2.20. The lowest BCUT2D eigenvalue weighted by Gasteiger charge is -2.24. The maximum atomic E-state index is 8.83. The van der Waals surface area contributed by atoms with Gasteiger partial charge in [0.2, 0.25) is 0 Å². The molecule has 0 unspecified atom stereocenters. The van der Waals surface area contributed by atoms with Gasteiger partial charge in [0.05, 0.1) is 5.69 Å². The van der Waals surface area contributed by atoms with Crippen molar-refractivity contribution >= 4 is 0 Å². The summed E-state index contributed by atoms with van der Waals surface area (Å²) in [7, 11) is 0. The summed E-state index contributed by atoms with van der Waals surface area (Å²) < 4.78 is 0. The van der Waals surface area contributed by atoms with E-state index in [0.29, 0.717) is 0 Å². The van der Waals surface area contributed by atoms with E-state index in [1.807, 2.05) is 13.0 Å². The molecule has 4 heteroatoms. The highest BCUT2D eigenvalue weighted by atomic mass is 16.2. The van der Waals surface area contributed by atoms with E-state index in [-0.39, 0.29) is 12.0 Å². The van der Waals surface area contributed by atoms with Gasteiger partial charge in [0, 0.05) is 25.9 Å². The third-order valence-corrected chi connectivity index (χ3v) is 2.76. The minimum absolute atomic E-state index is 0.213. The van der Waals surface area contributed by atoms with Crippen LogP contribution in [0.1, 0.15) is 38.2 Å². The van der Waals surface area contributed by atoms with E-state index in [1.54, 1.807) is 6.20 Å². The van der Waals surface area contributed by atoms with Crippen molar-refractivity contribution in [3.05, 3.63) is 23.8 Å². The molecule has 0 saturated heterocycles. The predicted molar refractivity (Wildman–Crippen MR) is 68.6 cm³/mol. The van der Waals surface area contributed by atoms with Gasteiger partial charge in [-0.3, -0.25) is 0 Å². The maximum Gasteiger partial charge on any atom is 0.125 e. The Kier molecular flexibility index (Phi) is 5.51. The van der Waals surface area contributed by atoms with Crippen LogP contribution in [0.3, 0.4) is 0 Å². The first-order chi connectivity index (χ1) is 8.03. The van der Waals surface area contributed by atoms with Crippen molar-refractivity contribution in [1.82, 2.24) is 15.3 Å². The van der Waals surface area contributed by atoms with Crippen molar-refractivity contribution in [2.24, 2.45) is 5.41 Å². The van der Waals surface area contributed by atoms with Crippen LogP contribution in [0, 0.1) is 12.3 Å². The Hall–Kier alpha value is -1.00. The molecule has 0 aromatic carbocycles. The van der Waals surface area contributed by atoms with E-state index in [0.717, 1.165) is 37.4 Å². The third kappa shape index (κ3) is 5.75. The molecule has 0 aliphatic carbocycles. The average molecular weight is 237 g/mol. The van der Waals surface area contributed by atoms with E-state index < -0.39 is 0 Å². The van der Waals surface area contributed by atoms with Gasteiger partial charge in [-0.1, -0.05) is 13.8 Å². The van der Waals surface area contributed by atoms with Crippen LogP contribution in [0.2, 0.25) is 0 Å². The minimum Gasteiger partial charge on any atom is -0.396 e. The smallest absolute Gasteiger partial charge is 0.125 e. The van der Waals surface area contributed by atoms with Crippen LogP contribution < -0.4 is 5.32 Å². The van der Waals surface area contributed by atoms with Crippen LogP contribution in [-0.2, 0) is 6.54 Å². The van der Waals surface area contributed by atoms with Gasteiger partial charge in [0.15, 0.2) is 0 Å². The Morgan fingerprint density at radius 3 is 2.82 bits per heavy atom. The Morgan fingerprint density at radius 2 is 2.18 bits per heavy atom. The molecule has 96 valence electrons. The van der Waals surface area contributed by atoms with E-state index in [1.165, 1.54) is 0 Å². The van der Waals surface area contributed by atoms with E-state index in [4.69, 9.17) is 5.11 Å². The molecule has 1 aromatic heterocycles. The first kappa shape index (κ1) is 14.1. The van der Waals surface area contributed by atoms with Gasteiger partial charge in [-0.2, -0.15) is 0 Å². The second kappa shape index (κ2) is 6.67. The summed E-state index contributed by atoms with van der Waals surface area (Å²) in [4.78, 5) is 8.41. The zero-order valence-corrected chi connectivity index (χ0v) is 11.0. The minimum atomic E-state index is 0.213. The van der Waals surface area contributed by atoms with Crippen LogP contribution in [-0.4, -0.2) is 28.2 Å². The van der Waals surface area contributed by atoms with Gasteiger partial charge in [0.25, 0.3) is 0 Å². The van der Waals surface area contributed by atoms with E-state index in [9.17, 15) is 0 Å². The maximum absolute atomic E-state index is 8.83. The molecule has 0 fully saturated rings. The summed E-state index contributed by atoms with van der Waals surface area (Å²) in [6, 6.07) is 1.93. The van der Waals surface area contributed by atoms with Crippen molar-refractivity contribution in [1.29, 1.82) is 0 Å². The average Bonchev–Trinajstić information content (AvgIpc) is 2.26. The molecule has 0 spiro atoms. The number of rotatable bonds is 7. The van der Waals surface area contributed by atoms with Crippen LogP contribution in [0.15, 0.2) is 12.3 Å². The summed E-state index contributed by atoms with van der Waals surface area (Å²) in [5, 5.41) is 12.2. The predicted octanol–water partition coefficient (Wildman–Crippen LogP) is 1.67. The van der Waals surface area contributed by atoms with Crippen molar-refractivity contribution < 1.29 is 5.11 Å². The van der Waals surface area contributed by atoms with Crippen LogP contribution in [0.5, 0.6) is 0 Å². The number of nitrogens with one attached hydrogen (secondary N) is 1. The standard InChI is InChI=1S/C13H23N3O/c1-11-15-7-5-12(16-11)9-14-10-13(2,3)6-4-8-17/h5,7,14,17H,4,6,8-10H2,1-3H3. The number of hydrogen-bond donors (Lipinski definition) is 2. The second-order valence-electron chi connectivity index (χ2n) is 5.19. The molecule has 4 nitrogen and oxygen atoms in total. The van der Waals surface area contributed by atoms with Crippen molar-refractivity contribution in [2.45, 2.75) is 40.2 Å². The quantitative estimate of drug-likeness (QED) is 0.757. The summed E-state index contributed by atoms with van der Waals surface area (Å²) in [5.41, 5.74) is 1.24. The van der Waals surface area contributed by atoms with Gasteiger partial charge in [-0.25, -0.2) is 9.97 Å². The van der Waals surface area contributed by atoms with Gasteiger partial charge >= 0.3 is 0 Å². The highest BCUT2D eigenvalue weighted by molar-refractivity contribution is 5.01. The summed E-state index contributed by atoms with van der Waals surface area (Å²) in [5.74, 6) is 0.809. The lowest BCUT2D eigenvalue weighted by atomic mass is 9.88. The molecular weight excluding hydrogens is 214 g/mol. The van der Waals surface area contributed by atoms with Gasteiger partial charge in [0.1, 0.15) is 5.82 Å². The molecule has 1 rings (SSSR count). The number of nitrogens with zero attached hydrogens (tertiary/aromatic N) is 2. The lowest BCUT2D eigenvalue weighted by molar-refractivity contribution is 0.236. The first-order valence-electron chi connectivity index (χ1n) is 6.14. The monoisotopic (exact) mass is 237 g/mol. The third-order valence-electron chi connectivity index (χ3n) is 2.76. The summed E-state index contributed by atoms with van der Waals surface area (Å²) in [6.07, 6.45) is 3.68. The number of aliphatic hydroxyl groups is 1. The zero-order chi connectivity index (χ0) is 12.7. The highest BCUT2D eigenvalue weighted by Gasteiger charge is 2.16. The fraction of sp³-hybridized carbons (Fsp3) is 0.692. The molecule has 1 aromatic rings. The van der Waals surface area contributed by atoms with Crippen molar-refractivity contribution in [3.63, 3.8) is 0 Å². The van der Waals surface area contributed by atoms with Gasteiger partial charge in [-0.05, 0) is 31.2 Å². The molecule has 0 bridgehead atoms. The Bertz CT molecular complexity index is 339. The van der Waals surface area contributed by atoms with Crippen LogP contribution in [0.4, 0.5) is 0 Å². The van der Waals surface area contributed by atoms with Crippen molar-refractivity contribution in [3.8, 4) is 0 Å².